The van der Waals surface area contributed by atoms with Crippen molar-refractivity contribution >= 4 is 29.6 Å². The quantitative estimate of drug-likeness (QED) is 0.565. The highest BCUT2D eigenvalue weighted by molar-refractivity contribution is 8.00. The lowest BCUT2D eigenvalue weighted by atomic mass is 9.97. The molecule has 0 aromatic heterocycles. The summed E-state index contributed by atoms with van der Waals surface area (Å²) >= 11 is 1.41. The van der Waals surface area contributed by atoms with Crippen molar-refractivity contribution < 1.29 is 19.1 Å². The molecule has 5 unspecified atom stereocenters. The normalized spacial score (nSPS) is 34.0. The van der Waals surface area contributed by atoms with Crippen molar-refractivity contribution in [3.63, 3.8) is 0 Å². The lowest BCUT2D eigenvalue weighted by Gasteiger charge is -2.50. The zero-order chi connectivity index (χ0) is 19.6. The highest BCUT2D eigenvalue weighted by atomic mass is 32.2. The van der Waals surface area contributed by atoms with Crippen LogP contribution in [0.15, 0.2) is 0 Å². The maximum absolute atomic E-state index is 12.7. The molecule has 0 aromatic rings. The van der Waals surface area contributed by atoms with Crippen LogP contribution < -0.4 is 16.0 Å². The number of ether oxygens (including phenoxy) is 1. The minimum Gasteiger partial charge on any atom is -0.376 e. The highest BCUT2D eigenvalue weighted by Crippen LogP contribution is 2.31. The number of carbonyl (C=O) groups excluding carboxylic acids is 3. The monoisotopic (exact) mass is 399 g/mol. The van der Waals surface area contributed by atoms with Gasteiger partial charge in [0.1, 0.15) is 0 Å². The number of nitrogens with one attached hydrogen (secondary N) is 3. The van der Waals surface area contributed by atoms with Gasteiger partial charge in [-0.15, -0.1) is 11.8 Å². The molecule has 152 valence electrons. The molecule has 0 aliphatic carbocycles. The molecular weight excluding hydrogens is 370 g/mol. The van der Waals surface area contributed by atoms with Gasteiger partial charge in [0, 0.05) is 27.2 Å². The summed E-state index contributed by atoms with van der Waals surface area (Å²) in [5, 5.41) is 9.39. The molecule has 0 aromatic carbocycles. The zero-order valence-electron chi connectivity index (χ0n) is 16.1. The maximum atomic E-state index is 12.7. The molecule has 0 bridgehead atoms. The summed E-state index contributed by atoms with van der Waals surface area (Å²) in [5.74, 6) is -0.494. The summed E-state index contributed by atoms with van der Waals surface area (Å²) in [6, 6.07) is -0.316. The van der Waals surface area contributed by atoms with Crippen molar-refractivity contribution in [3.8, 4) is 0 Å². The number of thioether (sulfide) groups is 1. The smallest absolute Gasteiger partial charge is 0.327 e. The number of amides is 4. The second-order valence-corrected chi connectivity index (χ2v) is 8.36. The Hall–Kier alpha value is -1.36. The van der Waals surface area contributed by atoms with E-state index < -0.39 is 5.92 Å². The molecule has 4 amide bonds. The summed E-state index contributed by atoms with van der Waals surface area (Å²) in [7, 11) is 3.20. The van der Waals surface area contributed by atoms with E-state index >= 15 is 0 Å². The predicted octanol–water partition coefficient (Wildman–Crippen LogP) is -0.264. The SMILES string of the molecule is CCC1NC(SCC(=O)NCC2CCCO2)C2C(=O)N(C)C(=O)N(C)C2N1. The lowest BCUT2D eigenvalue weighted by Crippen LogP contribution is -2.74. The van der Waals surface area contributed by atoms with Crippen LogP contribution in [0.25, 0.3) is 0 Å². The number of urea groups is 1. The fourth-order valence-electron chi connectivity index (χ4n) is 3.75. The molecule has 3 N–H and O–H groups in total. The number of hydrogen-bond donors (Lipinski definition) is 3. The standard InChI is InChI=1S/C17H29N5O4S/c1-4-11-19-14-13(16(24)22(3)17(25)21(14)2)15(20-11)27-9-12(23)18-8-10-6-5-7-26-10/h10-11,13-15,19-20H,4-9H2,1-3H3,(H,18,23). The Morgan fingerprint density at radius 1 is 1.33 bits per heavy atom. The molecule has 0 spiro atoms. The molecule has 5 atom stereocenters. The molecule has 10 heteroatoms. The van der Waals surface area contributed by atoms with Gasteiger partial charge in [0.15, 0.2) is 0 Å². The molecule has 3 aliphatic rings. The van der Waals surface area contributed by atoms with Gasteiger partial charge in [-0.1, -0.05) is 6.92 Å². The maximum Gasteiger partial charge on any atom is 0.327 e. The average Bonchev–Trinajstić information content (AvgIpc) is 3.20. The zero-order valence-corrected chi connectivity index (χ0v) is 16.9. The van der Waals surface area contributed by atoms with Gasteiger partial charge in [-0.2, -0.15) is 0 Å². The third-order valence-corrected chi connectivity index (χ3v) is 6.60. The average molecular weight is 400 g/mol. The highest BCUT2D eigenvalue weighted by Gasteiger charge is 2.50. The Morgan fingerprint density at radius 3 is 2.78 bits per heavy atom. The second-order valence-electron chi connectivity index (χ2n) is 7.23. The van der Waals surface area contributed by atoms with Gasteiger partial charge < -0.3 is 15.0 Å². The van der Waals surface area contributed by atoms with Gasteiger partial charge in [0.05, 0.1) is 35.5 Å². The van der Waals surface area contributed by atoms with Gasteiger partial charge >= 0.3 is 6.03 Å². The molecule has 3 heterocycles. The van der Waals surface area contributed by atoms with Crippen LogP contribution in [-0.4, -0.2) is 84.5 Å². The van der Waals surface area contributed by atoms with Crippen LogP contribution in [0.2, 0.25) is 0 Å². The molecule has 3 rings (SSSR count). The Bertz CT molecular complexity index is 586. The number of rotatable bonds is 6. The predicted molar refractivity (Wildman–Crippen MR) is 102 cm³/mol. The third kappa shape index (κ3) is 4.39. The van der Waals surface area contributed by atoms with E-state index in [0.29, 0.717) is 6.54 Å². The summed E-state index contributed by atoms with van der Waals surface area (Å²) < 4.78 is 5.52. The Morgan fingerprint density at radius 2 is 2.11 bits per heavy atom. The first-order valence-electron chi connectivity index (χ1n) is 9.48. The van der Waals surface area contributed by atoms with Gasteiger partial charge in [0.25, 0.3) is 0 Å². The minimum atomic E-state index is -0.448. The third-order valence-electron chi connectivity index (χ3n) is 5.38. The fraction of sp³-hybridized carbons (Fsp3) is 0.824. The molecule has 3 aliphatic heterocycles. The van der Waals surface area contributed by atoms with Gasteiger partial charge in [-0.3, -0.25) is 25.1 Å². The summed E-state index contributed by atoms with van der Waals surface area (Å²) in [6.45, 7) is 3.32. The second kappa shape index (κ2) is 8.76. The number of hydrogen-bond acceptors (Lipinski definition) is 7. The molecule has 3 saturated heterocycles. The van der Waals surface area contributed by atoms with E-state index in [9.17, 15) is 14.4 Å². The summed E-state index contributed by atoms with van der Waals surface area (Å²) in [5.41, 5.74) is 0. The van der Waals surface area contributed by atoms with Crippen molar-refractivity contribution in [2.75, 3.05) is 33.0 Å². The minimum absolute atomic E-state index is 0.0230. The topological polar surface area (TPSA) is 103 Å². The molecule has 3 fully saturated rings. The van der Waals surface area contributed by atoms with Crippen LogP contribution in [0, 0.1) is 5.92 Å². The summed E-state index contributed by atoms with van der Waals surface area (Å²) in [4.78, 5) is 39.9. The van der Waals surface area contributed by atoms with Gasteiger partial charge in [-0.05, 0) is 19.3 Å². The number of imide groups is 1. The first-order valence-corrected chi connectivity index (χ1v) is 10.5. The summed E-state index contributed by atoms with van der Waals surface area (Å²) in [6.07, 6.45) is 2.53. The van der Waals surface area contributed by atoms with E-state index in [4.69, 9.17) is 4.74 Å². The van der Waals surface area contributed by atoms with Crippen molar-refractivity contribution in [2.45, 2.75) is 50.0 Å². The molecule has 9 nitrogen and oxygen atoms in total. The molecule has 0 radical (unpaired) electrons. The first kappa shape index (κ1) is 20.4. The van der Waals surface area contributed by atoms with Crippen LogP contribution in [0.5, 0.6) is 0 Å². The molecule has 0 saturated carbocycles. The van der Waals surface area contributed by atoms with Gasteiger partial charge in [0.2, 0.25) is 11.8 Å². The Labute approximate surface area is 163 Å². The first-order chi connectivity index (χ1) is 12.9. The number of nitrogens with zero attached hydrogens (tertiary/aromatic N) is 2. The Kier molecular flexibility index (Phi) is 6.61. The Balaban J connectivity index is 1.60. The molecular formula is C17H29N5O4S. The van der Waals surface area contributed by atoms with E-state index in [1.165, 1.54) is 18.8 Å². The number of carbonyl (C=O) groups is 3. The van der Waals surface area contributed by atoms with Crippen LogP contribution >= 0.6 is 11.8 Å². The van der Waals surface area contributed by atoms with Crippen LogP contribution in [-0.2, 0) is 14.3 Å². The largest absolute Gasteiger partial charge is 0.376 e. The van der Waals surface area contributed by atoms with Gasteiger partial charge in [-0.25, -0.2) is 4.79 Å². The molecule has 27 heavy (non-hydrogen) atoms. The van der Waals surface area contributed by atoms with E-state index in [0.717, 1.165) is 30.8 Å². The van der Waals surface area contributed by atoms with E-state index in [-0.39, 0.29) is 47.4 Å². The van der Waals surface area contributed by atoms with Crippen molar-refractivity contribution in [2.24, 2.45) is 5.92 Å². The van der Waals surface area contributed by atoms with E-state index in [2.05, 4.69) is 16.0 Å². The van der Waals surface area contributed by atoms with Crippen molar-refractivity contribution in [3.05, 3.63) is 0 Å². The van der Waals surface area contributed by atoms with Crippen LogP contribution in [0.1, 0.15) is 26.2 Å². The van der Waals surface area contributed by atoms with Crippen LogP contribution in [0.4, 0.5) is 4.79 Å². The lowest BCUT2D eigenvalue weighted by molar-refractivity contribution is -0.140. The fourth-order valence-corrected chi connectivity index (χ4v) is 4.92. The van der Waals surface area contributed by atoms with E-state index in [1.54, 1.807) is 11.9 Å². The van der Waals surface area contributed by atoms with Crippen molar-refractivity contribution in [1.82, 2.24) is 25.8 Å². The number of fused-ring (bicyclic) bond motifs is 1. The van der Waals surface area contributed by atoms with Crippen molar-refractivity contribution in [1.29, 1.82) is 0 Å². The van der Waals surface area contributed by atoms with E-state index in [1.807, 2.05) is 6.92 Å². The van der Waals surface area contributed by atoms with Crippen LogP contribution in [0.3, 0.4) is 0 Å².